The number of hydrazone groups is 1. The minimum absolute atomic E-state index is 0.0638. The third-order valence-electron chi connectivity index (χ3n) is 3.27. The highest BCUT2D eigenvalue weighted by Gasteiger charge is 2.14. The van der Waals surface area contributed by atoms with Crippen LogP contribution in [0.25, 0.3) is 0 Å². The first kappa shape index (κ1) is 17.9. The predicted molar refractivity (Wildman–Crippen MR) is 90.9 cm³/mol. The number of benzene rings is 2. The molecule has 0 unspecified atom stereocenters. The number of hydrogen-bond acceptors (Lipinski definition) is 7. The maximum Gasteiger partial charge on any atom is 0.271 e. The van der Waals surface area contributed by atoms with E-state index in [1.54, 1.807) is 12.1 Å². The summed E-state index contributed by atoms with van der Waals surface area (Å²) in [4.78, 5) is 12.0. The van der Waals surface area contributed by atoms with Crippen molar-refractivity contribution < 1.29 is 29.2 Å². The molecule has 1 amide bonds. The molecule has 8 nitrogen and oxygen atoms in total. The van der Waals surface area contributed by atoms with E-state index in [1.165, 1.54) is 39.7 Å². The van der Waals surface area contributed by atoms with Gasteiger partial charge in [0.15, 0.2) is 11.5 Å². The van der Waals surface area contributed by atoms with Crippen LogP contribution in [0.2, 0.25) is 0 Å². The Bertz CT molecular complexity index is 784. The van der Waals surface area contributed by atoms with Crippen molar-refractivity contribution in [2.24, 2.45) is 5.10 Å². The Labute approximate surface area is 144 Å². The first-order valence-corrected chi connectivity index (χ1v) is 7.15. The molecule has 0 aromatic heterocycles. The van der Waals surface area contributed by atoms with Gasteiger partial charge in [0.05, 0.1) is 27.5 Å². The number of aromatic hydroxyl groups is 2. The second-order valence-corrected chi connectivity index (χ2v) is 4.86. The quantitative estimate of drug-likeness (QED) is 0.544. The van der Waals surface area contributed by atoms with E-state index in [-0.39, 0.29) is 17.1 Å². The highest BCUT2D eigenvalue weighted by atomic mass is 16.5. The molecule has 0 aliphatic rings. The van der Waals surface area contributed by atoms with Crippen molar-refractivity contribution in [1.29, 1.82) is 0 Å². The Kier molecular flexibility index (Phi) is 5.67. The fourth-order valence-corrected chi connectivity index (χ4v) is 2.18. The van der Waals surface area contributed by atoms with Crippen LogP contribution in [0, 0.1) is 0 Å². The van der Waals surface area contributed by atoms with Crippen molar-refractivity contribution >= 4 is 12.1 Å². The molecule has 25 heavy (non-hydrogen) atoms. The summed E-state index contributed by atoms with van der Waals surface area (Å²) < 4.78 is 15.8. The predicted octanol–water partition coefficient (Wildman–Crippen LogP) is 1.89. The van der Waals surface area contributed by atoms with E-state index in [0.717, 1.165) is 6.07 Å². The van der Waals surface area contributed by atoms with E-state index >= 15 is 0 Å². The first-order valence-electron chi connectivity index (χ1n) is 7.15. The van der Waals surface area contributed by atoms with Crippen molar-refractivity contribution in [3.05, 3.63) is 41.5 Å². The number of nitrogens with one attached hydrogen (secondary N) is 1. The number of carbonyl (C=O) groups is 1. The van der Waals surface area contributed by atoms with Gasteiger partial charge in [-0.15, -0.1) is 0 Å². The van der Waals surface area contributed by atoms with E-state index in [2.05, 4.69) is 10.5 Å². The summed E-state index contributed by atoms with van der Waals surface area (Å²) >= 11 is 0. The summed E-state index contributed by atoms with van der Waals surface area (Å²) in [5.74, 6) is 0.247. The topological polar surface area (TPSA) is 110 Å². The van der Waals surface area contributed by atoms with Crippen molar-refractivity contribution in [2.75, 3.05) is 21.3 Å². The van der Waals surface area contributed by atoms with Gasteiger partial charge in [-0.1, -0.05) is 0 Å². The average Bonchev–Trinajstić information content (AvgIpc) is 2.59. The molecule has 0 atom stereocenters. The number of amides is 1. The highest BCUT2D eigenvalue weighted by molar-refractivity contribution is 5.96. The highest BCUT2D eigenvalue weighted by Crippen LogP contribution is 2.38. The zero-order valence-electron chi connectivity index (χ0n) is 13.9. The molecule has 0 saturated carbocycles. The van der Waals surface area contributed by atoms with E-state index in [0.29, 0.717) is 22.8 Å². The second kappa shape index (κ2) is 7.91. The molecule has 0 spiro atoms. The second-order valence-electron chi connectivity index (χ2n) is 4.86. The minimum atomic E-state index is -0.595. The Morgan fingerprint density at radius 3 is 2.20 bits per heavy atom. The molecule has 0 aliphatic heterocycles. The minimum Gasteiger partial charge on any atom is -0.508 e. The number of carbonyl (C=O) groups excluding carboxylic acids is 1. The Morgan fingerprint density at radius 2 is 1.64 bits per heavy atom. The number of rotatable bonds is 6. The lowest BCUT2D eigenvalue weighted by Crippen LogP contribution is -2.17. The van der Waals surface area contributed by atoms with Gasteiger partial charge in [-0.25, -0.2) is 5.43 Å². The van der Waals surface area contributed by atoms with Crippen molar-refractivity contribution in [3.8, 4) is 28.7 Å². The van der Waals surface area contributed by atoms with E-state index in [4.69, 9.17) is 14.2 Å². The molecule has 132 valence electrons. The van der Waals surface area contributed by atoms with E-state index < -0.39 is 5.91 Å². The molecule has 2 rings (SSSR count). The van der Waals surface area contributed by atoms with Crippen LogP contribution in [-0.2, 0) is 0 Å². The largest absolute Gasteiger partial charge is 0.508 e. The maximum atomic E-state index is 12.0. The molecule has 0 aliphatic carbocycles. The molecule has 8 heteroatoms. The lowest BCUT2D eigenvalue weighted by Gasteiger charge is -2.13. The number of phenolic OH excluding ortho intramolecular Hbond substituents is 2. The summed E-state index contributed by atoms with van der Waals surface area (Å²) in [6.45, 7) is 0. The zero-order valence-corrected chi connectivity index (χ0v) is 13.9. The van der Waals surface area contributed by atoms with Gasteiger partial charge in [0, 0.05) is 17.2 Å². The number of phenols is 2. The smallest absolute Gasteiger partial charge is 0.271 e. The van der Waals surface area contributed by atoms with Gasteiger partial charge in [0.25, 0.3) is 5.91 Å². The van der Waals surface area contributed by atoms with Gasteiger partial charge in [-0.3, -0.25) is 4.79 Å². The first-order chi connectivity index (χ1) is 12.0. The summed E-state index contributed by atoms with van der Waals surface area (Å²) in [5, 5.41) is 22.7. The van der Waals surface area contributed by atoms with Crippen molar-refractivity contribution in [1.82, 2.24) is 5.43 Å². The molecule has 2 aromatic rings. The van der Waals surface area contributed by atoms with Crippen LogP contribution in [0.1, 0.15) is 15.9 Å². The molecule has 3 N–H and O–H groups in total. The maximum absolute atomic E-state index is 12.0. The van der Waals surface area contributed by atoms with Gasteiger partial charge in [-0.05, 0) is 24.3 Å². The number of hydrogen-bond donors (Lipinski definition) is 3. The third-order valence-corrected chi connectivity index (χ3v) is 3.27. The molecular weight excluding hydrogens is 328 g/mol. The van der Waals surface area contributed by atoms with Crippen LogP contribution < -0.4 is 19.6 Å². The SMILES string of the molecule is COc1ccc(C=NNC(=O)c2cc(O)cc(O)c2)c(OC)c1OC. The standard InChI is InChI=1S/C17H18N2O6/c1-23-14-5-4-10(15(24-2)16(14)25-3)9-18-19-17(22)11-6-12(20)8-13(21)7-11/h4-9,20-21H,1-3H3,(H,19,22). The molecule has 0 fully saturated rings. The number of ether oxygens (including phenoxy) is 3. The average molecular weight is 346 g/mol. The third kappa shape index (κ3) is 4.11. The van der Waals surface area contributed by atoms with Crippen LogP contribution in [0.3, 0.4) is 0 Å². The normalized spacial score (nSPS) is 10.5. The number of nitrogens with zero attached hydrogens (tertiary/aromatic N) is 1. The Balaban J connectivity index is 2.20. The van der Waals surface area contributed by atoms with Gasteiger partial charge in [-0.2, -0.15) is 5.10 Å². The van der Waals surface area contributed by atoms with Crippen LogP contribution in [-0.4, -0.2) is 43.7 Å². The van der Waals surface area contributed by atoms with Crippen molar-refractivity contribution in [3.63, 3.8) is 0 Å². The van der Waals surface area contributed by atoms with Gasteiger partial charge < -0.3 is 24.4 Å². The molecular formula is C17H18N2O6. The van der Waals surface area contributed by atoms with E-state index in [9.17, 15) is 15.0 Å². The lowest BCUT2D eigenvalue weighted by atomic mass is 10.2. The van der Waals surface area contributed by atoms with Gasteiger partial charge in [0.2, 0.25) is 5.75 Å². The van der Waals surface area contributed by atoms with Gasteiger partial charge >= 0.3 is 0 Å². The molecule has 0 radical (unpaired) electrons. The fourth-order valence-electron chi connectivity index (χ4n) is 2.18. The summed E-state index contributed by atoms with van der Waals surface area (Å²) in [5.41, 5.74) is 2.92. The zero-order chi connectivity index (χ0) is 18.4. The van der Waals surface area contributed by atoms with Crippen LogP contribution in [0.15, 0.2) is 35.4 Å². The van der Waals surface area contributed by atoms with Crippen LogP contribution in [0.4, 0.5) is 0 Å². The molecule has 0 saturated heterocycles. The van der Waals surface area contributed by atoms with Gasteiger partial charge in [0.1, 0.15) is 11.5 Å². The molecule has 2 aromatic carbocycles. The monoisotopic (exact) mass is 346 g/mol. The number of methoxy groups -OCH3 is 3. The molecule has 0 bridgehead atoms. The summed E-state index contributed by atoms with van der Waals surface area (Å²) in [6, 6.07) is 6.91. The fraction of sp³-hybridized carbons (Fsp3) is 0.176. The Hall–Kier alpha value is -3.42. The van der Waals surface area contributed by atoms with Crippen molar-refractivity contribution in [2.45, 2.75) is 0 Å². The lowest BCUT2D eigenvalue weighted by molar-refractivity contribution is 0.0954. The van der Waals surface area contributed by atoms with Crippen LogP contribution >= 0.6 is 0 Å². The molecule has 0 heterocycles. The van der Waals surface area contributed by atoms with E-state index in [1.807, 2.05) is 0 Å². The van der Waals surface area contributed by atoms with Crippen LogP contribution in [0.5, 0.6) is 28.7 Å². The Morgan fingerprint density at radius 1 is 1.00 bits per heavy atom. The summed E-state index contributed by atoms with van der Waals surface area (Å²) in [6.07, 6.45) is 1.38. The summed E-state index contributed by atoms with van der Waals surface area (Å²) in [7, 11) is 4.47.